The first-order valence-electron chi connectivity index (χ1n) is 6.89. The van der Waals surface area contributed by atoms with Crippen molar-refractivity contribution in [2.24, 2.45) is 0 Å². The van der Waals surface area contributed by atoms with Gasteiger partial charge in [-0.05, 0) is 25.1 Å². The second kappa shape index (κ2) is 6.62. The fraction of sp³-hybridized carbons (Fsp3) is 0.188. The molecule has 0 radical (unpaired) electrons. The minimum Gasteiger partial charge on any atom is -0.467 e. The highest BCUT2D eigenvalue weighted by Gasteiger charge is 2.13. The van der Waals surface area contributed by atoms with E-state index in [1.54, 1.807) is 12.3 Å². The Hall–Kier alpha value is -2.34. The van der Waals surface area contributed by atoms with Crippen molar-refractivity contribution in [1.29, 1.82) is 0 Å². The lowest BCUT2D eigenvalue weighted by molar-refractivity contribution is -0.119. The van der Waals surface area contributed by atoms with Gasteiger partial charge in [0.25, 0.3) is 0 Å². The highest BCUT2D eigenvalue weighted by molar-refractivity contribution is 8.00. The molecule has 1 amide bonds. The fourth-order valence-corrected chi connectivity index (χ4v) is 2.92. The van der Waals surface area contributed by atoms with Crippen LogP contribution in [0.5, 0.6) is 0 Å². The van der Waals surface area contributed by atoms with Crippen LogP contribution in [0.4, 0.5) is 0 Å². The van der Waals surface area contributed by atoms with E-state index in [9.17, 15) is 4.79 Å². The zero-order valence-corrected chi connectivity index (χ0v) is 12.8. The van der Waals surface area contributed by atoms with Gasteiger partial charge in [-0.15, -0.1) is 0 Å². The molecule has 0 unspecified atom stereocenters. The molecule has 3 rings (SSSR count). The van der Waals surface area contributed by atoms with Gasteiger partial charge in [0.05, 0.1) is 23.6 Å². The normalized spacial score (nSPS) is 12.2. The molecule has 0 aliphatic rings. The predicted molar refractivity (Wildman–Crippen MR) is 85.5 cm³/mol. The summed E-state index contributed by atoms with van der Waals surface area (Å²) in [6.45, 7) is 1.89. The zero-order valence-electron chi connectivity index (χ0n) is 12.0. The maximum absolute atomic E-state index is 12.0. The summed E-state index contributed by atoms with van der Waals surface area (Å²) in [5, 5.41) is 4.68. The molecule has 3 aromatic rings. The number of rotatable bonds is 5. The SMILES string of the molecule is C[C@H](NC(=O)CSc1ncnc2ccccc12)c1ccco1. The third kappa shape index (κ3) is 3.28. The van der Waals surface area contributed by atoms with Gasteiger partial charge in [0.2, 0.25) is 5.91 Å². The average Bonchev–Trinajstić information content (AvgIpc) is 3.07. The molecule has 0 saturated heterocycles. The van der Waals surface area contributed by atoms with Gasteiger partial charge >= 0.3 is 0 Å². The van der Waals surface area contributed by atoms with Crippen molar-refractivity contribution in [3.8, 4) is 0 Å². The Labute approximate surface area is 132 Å². The summed E-state index contributed by atoms with van der Waals surface area (Å²) < 4.78 is 5.27. The summed E-state index contributed by atoms with van der Waals surface area (Å²) in [6, 6.07) is 11.3. The van der Waals surface area contributed by atoms with Crippen LogP contribution >= 0.6 is 11.8 Å². The van der Waals surface area contributed by atoms with Crippen LogP contribution < -0.4 is 5.32 Å². The summed E-state index contributed by atoms with van der Waals surface area (Å²) in [7, 11) is 0. The van der Waals surface area contributed by atoms with Crippen molar-refractivity contribution in [3.63, 3.8) is 0 Å². The van der Waals surface area contributed by atoms with Gasteiger partial charge in [-0.1, -0.05) is 30.0 Å². The lowest BCUT2D eigenvalue weighted by Gasteiger charge is -2.11. The molecular formula is C16H15N3O2S. The molecule has 0 spiro atoms. The van der Waals surface area contributed by atoms with Gasteiger partial charge in [0.1, 0.15) is 17.1 Å². The molecule has 0 saturated carbocycles. The zero-order chi connectivity index (χ0) is 15.4. The van der Waals surface area contributed by atoms with Crippen LogP contribution in [-0.4, -0.2) is 21.6 Å². The van der Waals surface area contributed by atoms with Crippen LogP contribution in [0.2, 0.25) is 0 Å². The molecule has 2 aromatic heterocycles. The van der Waals surface area contributed by atoms with Gasteiger partial charge in [-0.2, -0.15) is 0 Å². The highest BCUT2D eigenvalue weighted by Crippen LogP contribution is 2.24. The first kappa shape index (κ1) is 14.6. The van der Waals surface area contributed by atoms with Crippen LogP contribution in [0.15, 0.2) is 58.4 Å². The van der Waals surface area contributed by atoms with Crippen LogP contribution in [0, 0.1) is 0 Å². The number of nitrogens with one attached hydrogen (secondary N) is 1. The third-order valence-electron chi connectivity index (χ3n) is 3.19. The van der Waals surface area contributed by atoms with Gasteiger partial charge < -0.3 is 9.73 Å². The summed E-state index contributed by atoms with van der Waals surface area (Å²) in [4.78, 5) is 20.5. The van der Waals surface area contributed by atoms with Crippen LogP contribution in [0.25, 0.3) is 10.9 Å². The van der Waals surface area contributed by atoms with Gasteiger partial charge in [-0.3, -0.25) is 4.79 Å². The van der Waals surface area contributed by atoms with Crippen molar-refractivity contribution in [1.82, 2.24) is 15.3 Å². The molecule has 0 aliphatic heterocycles. The number of nitrogens with zero attached hydrogens (tertiary/aromatic N) is 2. The largest absolute Gasteiger partial charge is 0.467 e. The van der Waals surface area contributed by atoms with Crippen molar-refractivity contribution in [3.05, 3.63) is 54.7 Å². The molecule has 2 heterocycles. The number of aromatic nitrogens is 2. The monoisotopic (exact) mass is 313 g/mol. The predicted octanol–water partition coefficient (Wildman–Crippen LogP) is 3.19. The molecule has 112 valence electrons. The lowest BCUT2D eigenvalue weighted by Crippen LogP contribution is -2.27. The van der Waals surface area contributed by atoms with Gasteiger partial charge in [0.15, 0.2) is 0 Å². The van der Waals surface area contributed by atoms with Crippen LogP contribution in [-0.2, 0) is 4.79 Å². The molecule has 0 aliphatic carbocycles. The second-order valence-electron chi connectivity index (χ2n) is 4.79. The van der Waals surface area contributed by atoms with E-state index in [-0.39, 0.29) is 11.9 Å². The van der Waals surface area contributed by atoms with Gasteiger partial charge in [-0.25, -0.2) is 9.97 Å². The minimum atomic E-state index is -0.148. The van der Waals surface area contributed by atoms with Gasteiger partial charge in [0, 0.05) is 5.39 Å². The summed E-state index contributed by atoms with van der Waals surface area (Å²) in [6.07, 6.45) is 3.12. The molecule has 1 aromatic carbocycles. The van der Waals surface area contributed by atoms with Crippen molar-refractivity contribution >= 4 is 28.6 Å². The Balaban J connectivity index is 1.63. The van der Waals surface area contributed by atoms with E-state index in [4.69, 9.17) is 4.42 Å². The first-order chi connectivity index (χ1) is 10.7. The first-order valence-corrected chi connectivity index (χ1v) is 7.88. The summed E-state index contributed by atoms with van der Waals surface area (Å²) in [5.41, 5.74) is 0.879. The van der Waals surface area contributed by atoms with E-state index in [1.807, 2.05) is 37.3 Å². The Morgan fingerprint density at radius 3 is 2.95 bits per heavy atom. The number of benzene rings is 1. The lowest BCUT2D eigenvalue weighted by atomic mass is 10.2. The highest BCUT2D eigenvalue weighted by atomic mass is 32.2. The molecule has 5 nitrogen and oxygen atoms in total. The fourth-order valence-electron chi connectivity index (χ4n) is 2.12. The number of fused-ring (bicyclic) bond motifs is 1. The summed E-state index contributed by atoms with van der Waals surface area (Å²) in [5.74, 6) is 0.980. The van der Waals surface area contributed by atoms with Crippen molar-refractivity contribution < 1.29 is 9.21 Å². The maximum Gasteiger partial charge on any atom is 0.230 e. The quantitative estimate of drug-likeness (QED) is 0.579. The maximum atomic E-state index is 12.0. The number of carbonyl (C=O) groups is 1. The molecule has 0 fully saturated rings. The van der Waals surface area contributed by atoms with Crippen molar-refractivity contribution in [2.45, 2.75) is 18.0 Å². The van der Waals surface area contributed by atoms with E-state index in [2.05, 4.69) is 15.3 Å². The Morgan fingerprint density at radius 2 is 2.14 bits per heavy atom. The van der Waals surface area contributed by atoms with E-state index in [1.165, 1.54) is 18.1 Å². The van der Waals surface area contributed by atoms with E-state index in [0.717, 1.165) is 21.7 Å². The smallest absolute Gasteiger partial charge is 0.230 e. The van der Waals surface area contributed by atoms with E-state index >= 15 is 0 Å². The summed E-state index contributed by atoms with van der Waals surface area (Å²) >= 11 is 1.40. The average molecular weight is 313 g/mol. The molecule has 1 N–H and O–H groups in total. The van der Waals surface area contributed by atoms with E-state index in [0.29, 0.717) is 5.75 Å². The molecular weight excluding hydrogens is 298 g/mol. The van der Waals surface area contributed by atoms with E-state index < -0.39 is 0 Å². The Bertz CT molecular complexity index is 769. The molecule has 22 heavy (non-hydrogen) atoms. The number of amides is 1. The third-order valence-corrected chi connectivity index (χ3v) is 4.20. The topological polar surface area (TPSA) is 68.0 Å². The number of para-hydroxylation sites is 1. The number of furan rings is 1. The molecule has 6 heteroatoms. The van der Waals surface area contributed by atoms with Crippen LogP contribution in [0.3, 0.4) is 0 Å². The molecule has 0 bridgehead atoms. The Morgan fingerprint density at radius 1 is 1.27 bits per heavy atom. The van der Waals surface area contributed by atoms with Crippen LogP contribution in [0.1, 0.15) is 18.7 Å². The number of hydrogen-bond acceptors (Lipinski definition) is 5. The van der Waals surface area contributed by atoms with Crippen molar-refractivity contribution in [2.75, 3.05) is 5.75 Å². The minimum absolute atomic E-state index is 0.0587. The standard InChI is InChI=1S/C16H15N3O2S/c1-11(14-7-4-8-21-14)19-15(20)9-22-16-12-5-2-3-6-13(12)17-10-18-16/h2-8,10-11H,9H2,1H3,(H,19,20)/t11-/m0/s1. The Kier molecular flexibility index (Phi) is 4.39. The second-order valence-corrected chi connectivity index (χ2v) is 5.75. The molecule has 1 atom stereocenters. The number of carbonyl (C=O) groups excluding carboxylic acids is 1. The number of thioether (sulfide) groups is 1. The number of hydrogen-bond donors (Lipinski definition) is 1.